The third-order valence-corrected chi connectivity index (χ3v) is 4.83. The molecule has 0 aromatic carbocycles. The van der Waals surface area contributed by atoms with Crippen LogP contribution in [0, 0.1) is 13.8 Å². The van der Waals surface area contributed by atoms with Crippen LogP contribution < -0.4 is 5.32 Å². The van der Waals surface area contributed by atoms with E-state index in [4.69, 9.17) is 0 Å². The molecule has 25 heavy (non-hydrogen) atoms. The normalized spacial score (nSPS) is 19.5. The van der Waals surface area contributed by atoms with Gasteiger partial charge in [-0.2, -0.15) is 10.2 Å². The number of urea groups is 1. The van der Waals surface area contributed by atoms with Crippen LogP contribution in [-0.2, 0) is 6.54 Å². The third-order valence-electron chi connectivity index (χ3n) is 4.83. The molecular weight excluding hydrogens is 318 g/mol. The van der Waals surface area contributed by atoms with Gasteiger partial charge in [0.2, 0.25) is 0 Å². The van der Waals surface area contributed by atoms with Crippen LogP contribution in [0.15, 0.2) is 12.7 Å². The second-order valence-electron chi connectivity index (χ2n) is 6.87. The molecule has 0 unspecified atom stereocenters. The summed E-state index contributed by atoms with van der Waals surface area (Å²) in [6.07, 6.45) is 7.47. The molecule has 1 aliphatic heterocycles. The Kier molecular flexibility index (Phi) is 5.35. The van der Waals surface area contributed by atoms with Gasteiger partial charge in [-0.15, -0.1) is 0 Å². The Morgan fingerprint density at radius 3 is 2.92 bits per heavy atom. The average Bonchev–Trinajstić information content (AvgIpc) is 3.11. The van der Waals surface area contributed by atoms with E-state index >= 15 is 0 Å². The van der Waals surface area contributed by atoms with E-state index in [1.807, 2.05) is 25.7 Å². The summed E-state index contributed by atoms with van der Waals surface area (Å²) in [5.41, 5.74) is 3.21. The molecule has 0 saturated carbocycles. The Labute approximate surface area is 148 Å². The van der Waals surface area contributed by atoms with Gasteiger partial charge in [-0.05, 0) is 33.6 Å². The highest BCUT2D eigenvalue weighted by Gasteiger charge is 2.30. The van der Waals surface area contributed by atoms with Crippen LogP contribution >= 0.6 is 0 Å². The summed E-state index contributed by atoms with van der Waals surface area (Å²) < 4.78 is 1.73. The van der Waals surface area contributed by atoms with E-state index in [0.717, 1.165) is 43.6 Å². The maximum absolute atomic E-state index is 13.0. The first kappa shape index (κ1) is 17.4. The summed E-state index contributed by atoms with van der Waals surface area (Å²) in [7, 11) is 0. The number of rotatable bonds is 4. The van der Waals surface area contributed by atoms with Crippen molar-refractivity contribution in [3.63, 3.8) is 0 Å². The van der Waals surface area contributed by atoms with Crippen molar-refractivity contribution in [2.24, 2.45) is 0 Å². The predicted octanol–water partition coefficient (Wildman–Crippen LogP) is 2.33. The van der Waals surface area contributed by atoms with Gasteiger partial charge in [0.1, 0.15) is 12.7 Å². The van der Waals surface area contributed by atoms with Crippen LogP contribution in [0.2, 0.25) is 0 Å². The van der Waals surface area contributed by atoms with Crippen LogP contribution in [0.1, 0.15) is 55.6 Å². The second kappa shape index (κ2) is 7.67. The van der Waals surface area contributed by atoms with E-state index in [9.17, 15) is 4.79 Å². The van der Waals surface area contributed by atoms with Gasteiger partial charge in [0, 0.05) is 23.8 Å². The minimum atomic E-state index is -0.0235. The highest BCUT2D eigenvalue weighted by Crippen LogP contribution is 2.33. The van der Waals surface area contributed by atoms with Gasteiger partial charge in [-0.3, -0.25) is 9.78 Å². The van der Waals surface area contributed by atoms with Crippen molar-refractivity contribution in [3.05, 3.63) is 29.6 Å². The van der Waals surface area contributed by atoms with E-state index in [0.29, 0.717) is 6.54 Å². The summed E-state index contributed by atoms with van der Waals surface area (Å²) >= 11 is 0. The lowest BCUT2D eigenvalue weighted by atomic mass is 9.99. The first-order chi connectivity index (χ1) is 12.1. The number of likely N-dealkylation sites (tertiary alicyclic amines) is 1. The summed E-state index contributed by atoms with van der Waals surface area (Å²) in [5, 5.41) is 14.6. The number of H-pyrrole nitrogens is 1. The second-order valence-corrected chi connectivity index (χ2v) is 6.87. The monoisotopic (exact) mass is 345 g/mol. The van der Waals surface area contributed by atoms with E-state index in [2.05, 4.69) is 25.6 Å². The van der Waals surface area contributed by atoms with Crippen LogP contribution in [0.4, 0.5) is 4.79 Å². The molecule has 2 aromatic heterocycles. The van der Waals surface area contributed by atoms with Crippen molar-refractivity contribution in [1.29, 1.82) is 0 Å². The highest BCUT2D eigenvalue weighted by atomic mass is 16.2. The standard InChI is InChI=1S/C17H27N7O/c1-12(9-23-11-18-10-19-23)20-17(25)24-8-6-4-5-7-15(24)16-13(2)21-22-14(16)3/h10-12,15H,4-9H2,1-3H3,(H,20,25)(H,21,22)/t12-,15-/m1/s1. The molecule has 8 heteroatoms. The lowest BCUT2D eigenvalue weighted by Gasteiger charge is -2.32. The number of aryl methyl sites for hydroxylation is 2. The largest absolute Gasteiger partial charge is 0.334 e. The number of amides is 2. The molecule has 136 valence electrons. The number of hydrogen-bond acceptors (Lipinski definition) is 4. The number of aromatic amines is 1. The molecule has 0 spiro atoms. The fraction of sp³-hybridized carbons (Fsp3) is 0.647. The van der Waals surface area contributed by atoms with Gasteiger partial charge in [0.15, 0.2) is 0 Å². The molecule has 2 aromatic rings. The molecule has 1 saturated heterocycles. The molecule has 2 N–H and O–H groups in total. The SMILES string of the molecule is Cc1n[nH]c(C)c1[C@H]1CCCCCN1C(=O)N[C@H](C)Cn1cncn1. The van der Waals surface area contributed by atoms with Crippen molar-refractivity contribution in [3.8, 4) is 0 Å². The van der Waals surface area contributed by atoms with E-state index in [1.165, 1.54) is 11.9 Å². The fourth-order valence-corrected chi connectivity index (χ4v) is 3.65. The zero-order valence-corrected chi connectivity index (χ0v) is 15.2. The van der Waals surface area contributed by atoms with Crippen molar-refractivity contribution >= 4 is 6.03 Å². The first-order valence-corrected chi connectivity index (χ1v) is 8.97. The molecule has 8 nitrogen and oxygen atoms in total. The smallest absolute Gasteiger partial charge is 0.318 e. The van der Waals surface area contributed by atoms with Crippen molar-refractivity contribution in [2.75, 3.05) is 6.54 Å². The highest BCUT2D eigenvalue weighted by molar-refractivity contribution is 5.75. The molecule has 3 rings (SSSR count). The molecule has 0 aliphatic carbocycles. The number of nitrogens with zero attached hydrogens (tertiary/aromatic N) is 5. The van der Waals surface area contributed by atoms with Crippen LogP contribution in [-0.4, -0.2) is 48.5 Å². The van der Waals surface area contributed by atoms with Gasteiger partial charge < -0.3 is 10.2 Å². The van der Waals surface area contributed by atoms with E-state index in [1.54, 1.807) is 11.0 Å². The summed E-state index contributed by atoms with van der Waals surface area (Å²) in [6, 6.07) is 0.0454. The molecular formula is C17H27N7O. The number of carbonyl (C=O) groups is 1. The lowest BCUT2D eigenvalue weighted by Crippen LogP contribution is -2.46. The van der Waals surface area contributed by atoms with E-state index < -0.39 is 0 Å². The van der Waals surface area contributed by atoms with Gasteiger partial charge in [-0.1, -0.05) is 12.8 Å². The molecule has 3 heterocycles. The van der Waals surface area contributed by atoms with Gasteiger partial charge in [0.25, 0.3) is 0 Å². The topological polar surface area (TPSA) is 91.7 Å². The minimum absolute atomic E-state index is 0.0143. The van der Waals surface area contributed by atoms with E-state index in [-0.39, 0.29) is 18.1 Å². The Balaban J connectivity index is 1.73. The Morgan fingerprint density at radius 1 is 1.40 bits per heavy atom. The molecule has 1 aliphatic rings. The van der Waals surface area contributed by atoms with Crippen LogP contribution in [0.5, 0.6) is 0 Å². The maximum atomic E-state index is 13.0. The number of carbonyl (C=O) groups excluding carboxylic acids is 1. The molecule has 2 amide bonds. The van der Waals surface area contributed by atoms with Crippen molar-refractivity contribution < 1.29 is 4.79 Å². The maximum Gasteiger partial charge on any atom is 0.318 e. The Bertz CT molecular complexity index is 674. The Hall–Kier alpha value is -2.38. The molecule has 2 atom stereocenters. The Morgan fingerprint density at radius 2 is 2.24 bits per heavy atom. The third kappa shape index (κ3) is 4.00. The lowest BCUT2D eigenvalue weighted by molar-refractivity contribution is 0.171. The fourth-order valence-electron chi connectivity index (χ4n) is 3.65. The van der Waals surface area contributed by atoms with Crippen molar-refractivity contribution in [2.45, 2.75) is 65.1 Å². The zero-order valence-electron chi connectivity index (χ0n) is 15.2. The first-order valence-electron chi connectivity index (χ1n) is 8.97. The summed E-state index contributed by atoms with van der Waals surface area (Å²) in [6.45, 7) is 7.40. The number of hydrogen-bond donors (Lipinski definition) is 2. The minimum Gasteiger partial charge on any atom is -0.334 e. The van der Waals surface area contributed by atoms with Crippen molar-refractivity contribution in [1.82, 2.24) is 35.2 Å². The van der Waals surface area contributed by atoms with Crippen LogP contribution in [0.25, 0.3) is 0 Å². The van der Waals surface area contributed by atoms with Gasteiger partial charge in [0.05, 0.1) is 18.3 Å². The summed E-state index contributed by atoms with van der Waals surface area (Å²) in [5.74, 6) is 0. The number of nitrogens with one attached hydrogen (secondary N) is 2. The quantitative estimate of drug-likeness (QED) is 0.889. The average molecular weight is 345 g/mol. The van der Waals surface area contributed by atoms with Gasteiger partial charge >= 0.3 is 6.03 Å². The molecule has 0 bridgehead atoms. The van der Waals surface area contributed by atoms with Crippen LogP contribution in [0.3, 0.4) is 0 Å². The zero-order chi connectivity index (χ0) is 17.8. The van der Waals surface area contributed by atoms with Gasteiger partial charge in [-0.25, -0.2) is 9.78 Å². The molecule has 0 radical (unpaired) electrons. The summed E-state index contributed by atoms with van der Waals surface area (Å²) in [4.78, 5) is 18.9. The number of aromatic nitrogens is 5. The molecule has 1 fully saturated rings. The predicted molar refractivity (Wildman–Crippen MR) is 94.0 cm³/mol.